The molecular weight excluding hydrogens is 354 g/mol. The first-order valence-electron chi connectivity index (χ1n) is 6.48. The van der Waals surface area contributed by atoms with Gasteiger partial charge in [-0.3, -0.25) is 10.1 Å². The van der Waals surface area contributed by atoms with Crippen LogP contribution in [0.1, 0.15) is 34.1 Å². The number of halogens is 1. The summed E-state index contributed by atoms with van der Waals surface area (Å²) in [4.78, 5) is 16.2. The first-order valence-corrected chi connectivity index (χ1v) is 8.09. The average molecular weight is 370 g/mol. The zero-order valence-electron chi connectivity index (χ0n) is 12.0. The number of hydrogen-bond acceptors (Lipinski definition) is 5. The highest BCUT2D eigenvalue weighted by atomic mass is 79.9. The summed E-state index contributed by atoms with van der Waals surface area (Å²) in [7, 11) is 0. The molecule has 2 rings (SSSR count). The number of benzene rings is 1. The molecule has 7 heteroatoms. The summed E-state index contributed by atoms with van der Waals surface area (Å²) in [6.45, 7) is 6.65. The fraction of sp³-hybridized carbons (Fsp3) is 0.357. The highest BCUT2D eigenvalue weighted by Crippen LogP contribution is 2.27. The molecular formula is C14H16BrN3O2S. The quantitative estimate of drug-likeness (QED) is 0.630. The predicted octanol–water partition coefficient (Wildman–Crippen LogP) is 4.28. The van der Waals surface area contributed by atoms with Gasteiger partial charge in [-0.05, 0) is 48.3 Å². The van der Waals surface area contributed by atoms with Crippen molar-refractivity contribution in [1.82, 2.24) is 10.3 Å². The number of aromatic nitrogens is 1. The van der Waals surface area contributed by atoms with Crippen molar-refractivity contribution in [2.45, 2.75) is 33.4 Å². The second-order valence-electron chi connectivity index (χ2n) is 4.83. The van der Waals surface area contributed by atoms with Crippen LogP contribution < -0.4 is 5.32 Å². The molecule has 0 radical (unpaired) electrons. The number of hydrogen-bond donors (Lipinski definition) is 1. The average Bonchev–Trinajstić information content (AvgIpc) is 2.76. The summed E-state index contributed by atoms with van der Waals surface area (Å²) < 4.78 is 0.498. The smallest absolute Gasteiger partial charge is 0.283 e. The van der Waals surface area contributed by atoms with Crippen LogP contribution in [0.4, 0.5) is 5.69 Å². The maximum absolute atomic E-state index is 10.9. The maximum Gasteiger partial charge on any atom is 0.283 e. The minimum atomic E-state index is -0.381. The Labute approximate surface area is 135 Å². The van der Waals surface area contributed by atoms with Crippen molar-refractivity contribution >= 4 is 33.0 Å². The van der Waals surface area contributed by atoms with E-state index in [0.717, 1.165) is 16.3 Å². The monoisotopic (exact) mass is 369 g/mol. The molecule has 112 valence electrons. The topological polar surface area (TPSA) is 68.1 Å². The van der Waals surface area contributed by atoms with E-state index in [9.17, 15) is 10.1 Å². The molecule has 1 heterocycles. The van der Waals surface area contributed by atoms with Gasteiger partial charge in [-0.15, -0.1) is 11.3 Å². The van der Waals surface area contributed by atoms with Crippen molar-refractivity contribution in [2.75, 3.05) is 0 Å². The number of thiazole rings is 1. The summed E-state index contributed by atoms with van der Waals surface area (Å²) in [6.07, 6.45) is 0. The molecule has 1 aromatic heterocycles. The van der Waals surface area contributed by atoms with E-state index < -0.39 is 0 Å². The molecule has 0 bridgehead atoms. The van der Waals surface area contributed by atoms with E-state index in [0.29, 0.717) is 11.0 Å². The fourth-order valence-electron chi connectivity index (χ4n) is 2.12. The molecule has 21 heavy (non-hydrogen) atoms. The zero-order chi connectivity index (χ0) is 15.6. The van der Waals surface area contributed by atoms with Gasteiger partial charge in [-0.1, -0.05) is 6.07 Å². The summed E-state index contributed by atoms with van der Waals surface area (Å²) in [6, 6.07) is 5.34. The predicted molar refractivity (Wildman–Crippen MR) is 87.6 cm³/mol. The van der Waals surface area contributed by atoms with Gasteiger partial charge in [0, 0.05) is 23.5 Å². The molecule has 0 fully saturated rings. The molecule has 5 nitrogen and oxygen atoms in total. The number of nitrogens with zero attached hydrogens (tertiary/aromatic N) is 2. The van der Waals surface area contributed by atoms with Crippen LogP contribution in [0.15, 0.2) is 22.7 Å². The van der Waals surface area contributed by atoms with Crippen molar-refractivity contribution in [3.05, 3.63) is 53.9 Å². The van der Waals surface area contributed by atoms with E-state index in [-0.39, 0.29) is 16.7 Å². The van der Waals surface area contributed by atoms with Crippen molar-refractivity contribution in [3.63, 3.8) is 0 Å². The minimum absolute atomic E-state index is 0.0896. The van der Waals surface area contributed by atoms with Crippen molar-refractivity contribution in [1.29, 1.82) is 0 Å². The van der Waals surface area contributed by atoms with E-state index >= 15 is 0 Å². The molecule has 1 unspecified atom stereocenters. The van der Waals surface area contributed by atoms with Crippen LogP contribution in [-0.2, 0) is 6.54 Å². The molecule has 0 amide bonds. The first-order chi connectivity index (χ1) is 9.88. The third kappa shape index (κ3) is 3.87. The third-order valence-corrected chi connectivity index (χ3v) is 5.08. The second-order valence-corrected chi connectivity index (χ2v) is 6.92. The van der Waals surface area contributed by atoms with Crippen molar-refractivity contribution in [2.24, 2.45) is 0 Å². The Kier molecular flexibility index (Phi) is 5.08. The largest absolute Gasteiger partial charge is 0.305 e. The standard InChI is InChI=1S/C14H16BrN3O2S/c1-8(14-9(2)17-10(3)21-14)16-7-11-4-5-12(15)13(6-11)18(19)20/h4-6,8,16H,7H2,1-3H3. The summed E-state index contributed by atoms with van der Waals surface area (Å²) in [5.41, 5.74) is 2.02. The molecule has 0 aliphatic heterocycles. The number of aryl methyl sites for hydroxylation is 2. The van der Waals surface area contributed by atoms with Gasteiger partial charge in [-0.2, -0.15) is 0 Å². The first kappa shape index (κ1) is 16.1. The Bertz CT molecular complexity index is 672. The van der Waals surface area contributed by atoms with E-state index in [1.54, 1.807) is 23.5 Å². The highest BCUT2D eigenvalue weighted by molar-refractivity contribution is 9.10. The van der Waals surface area contributed by atoms with Gasteiger partial charge >= 0.3 is 0 Å². The van der Waals surface area contributed by atoms with E-state index in [1.165, 1.54) is 4.88 Å². The van der Waals surface area contributed by atoms with E-state index in [4.69, 9.17) is 0 Å². The SMILES string of the molecule is Cc1nc(C)c(C(C)NCc2ccc(Br)c([N+](=O)[O-])c2)s1. The highest BCUT2D eigenvalue weighted by Gasteiger charge is 2.15. The molecule has 0 saturated carbocycles. The summed E-state index contributed by atoms with van der Waals surface area (Å²) >= 11 is 4.87. The van der Waals surface area contributed by atoms with Gasteiger partial charge in [-0.25, -0.2) is 4.98 Å². The lowest BCUT2D eigenvalue weighted by atomic mass is 10.1. The molecule has 1 atom stereocenters. The summed E-state index contributed by atoms with van der Waals surface area (Å²) in [5, 5.41) is 15.4. The van der Waals surface area contributed by atoms with Crippen LogP contribution in [0.3, 0.4) is 0 Å². The third-order valence-electron chi connectivity index (χ3n) is 3.15. The Hall–Kier alpha value is -1.31. The molecule has 2 aromatic rings. The van der Waals surface area contributed by atoms with Gasteiger partial charge in [0.15, 0.2) is 0 Å². The van der Waals surface area contributed by atoms with Crippen LogP contribution in [0, 0.1) is 24.0 Å². The zero-order valence-corrected chi connectivity index (χ0v) is 14.4. The van der Waals surface area contributed by atoms with Gasteiger partial charge < -0.3 is 5.32 Å². The number of nitro benzene ring substituents is 1. The van der Waals surface area contributed by atoms with Crippen LogP contribution in [0.2, 0.25) is 0 Å². The van der Waals surface area contributed by atoms with Crippen molar-refractivity contribution in [3.8, 4) is 0 Å². The molecule has 1 N–H and O–H groups in total. The normalized spacial score (nSPS) is 12.4. The lowest BCUT2D eigenvalue weighted by Gasteiger charge is -2.13. The number of nitro groups is 1. The molecule has 1 aromatic carbocycles. The number of nitrogens with one attached hydrogen (secondary N) is 1. The van der Waals surface area contributed by atoms with Gasteiger partial charge in [0.1, 0.15) is 0 Å². The molecule has 0 spiro atoms. The Balaban J connectivity index is 2.08. The Morgan fingerprint density at radius 1 is 1.48 bits per heavy atom. The lowest BCUT2D eigenvalue weighted by molar-refractivity contribution is -0.385. The maximum atomic E-state index is 10.9. The van der Waals surface area contributed by atoms with Crippen LogP contribution in [0.25, 0.3) is 0 Å². The fourth-order valence-corrected chi connectivity index (χ4v) is 3.47. The lowest BCUT2D eigenvalue weighted by Crippen LogP contribution is -2.18. The second kappa shape index (κ2) is 6.64. The Morgan fingerprint density at radius 3 is 2.76 bits per heavy atom. The van der Waals surface area contributed by atoms with Crippen LogP contribution in [0.5, 0.6) is 0 Å². The van der Waals surface area contributed by atoms with E-state index in [1.807, 2.05) is 19.9 Å². The van der Waals surface area contributed by atoms with Gasteiger partial charge in [0.25, 0.3) is 5.69 Å². The van der Waals surface area contributed by atoms with Crippen LogP contribution in [-0.4, -0.2) is 9.91 Å². The van der Waals surface area contributed by atoms with Gasteiger partial charge in [0.05, 0.1) is 20.1 Å². The Morgan fingerprint density at radius 2 is 2.19 bits per heavy atom. The van der Waals surface area contributed by atoms with Crippen molar-refractivity contribution < 1.29 is 4.92 Å². The minimum Gasteiger partial charge on any atom is -0.305 e. The summed E-state index contributed by atoms with van der Waals surface area (Å²) in [5.74, 6) is 0. The molecule has 0 saturated heterocycles. The molecule has 0 aliphatic rings. The van der Waals surface area contributed by atoms with Gasteiger partial charge in [0.2, 0.25) is 0 Å². The van der Waals surface area contributed by atoms with E-state index in [2.05, 4.69) is 33.2 Å². The molecule has 0 aliphatic carbocycles. The number of rotatable bonds is 5. The van der Waals surface area contributed by atoms with Crippen LogP contribution >= 0.6 is 27.3 Å².